The topological polar surface area (TPSA) is 75.2 Å². The normalized spacial score (nSPS) is 15.5. The number of amides is 1. The van der Waals surface area contributed by atoms with E-state index < -0.39 is 0 Å². The first-order valence-corrected chi connectivity index (χ1v) is 10.0. The summed E-state index contributed by atoms with van der Waals surface area (Å²) in [6, 6.07) is 6.23. The Labute approximate surface area is 168 Å². The van der Waals surface area contributed by atoms with Gasteiger partial charge in [-0.05, 0) is 37.5 Å². The van der Waals surface area contributed by atoms with Gasteiger partial charge in [0.05, 0.1) is 13.7 Å². The van der Waals surface area contributed by atoms with E-state index in [-0.39, 0.29) is 11.8 Å². The third-order valence-corrected chi connectivity index (χ3v) is 4.85. The van der Waals surface area contributed by atoms with Gasteiger partial charge in [0, 0.05) is 38.6 Å². The predicted octanol–water partition coefficient (Wildman–Crippen LogP) is 2.41. The standard InChI is InChI=1S/C21H34N4O3/c1-6-28-19-13-16(7-8-18(19)27-5)14-23-21(22-4)24-17-9-11-25(12-10-17)20(26)15(2)3/h7-8,13,15,17H,6,9-12,14H2,1-5H3,(H2,22,23,24). The van der Waals surface area contributed by atoms with Crippen molar-refractivity contribution in [1.29, 1.82) is 0 Å². The molecule has 1 aliphatic rings. The minimum atomic E-state index is 0.0602. The zero-order chi connectivity index (χ0) is 20.5. The SMILES string of the molecule is CCOc1cc(CNC(=NC)NC2CCN(C(=O)C(C)C)CC2)ccc1OC. The molecule has 1 aliphatic heterocycles. The van der Waals surface area contributed by atoms with Crippen LogP contribution in [0.1, 0.15) is 39.2 Å². The molecular formula is C21H34N4O3. The number of likely N-dealkylation sites (tertiary alicyclic amines) is 1. The Morgan fingerprint density at radius 1 is 1.29 bits per heavy atom. The highest BCUT2D eigenvalue weighted by atomic mass is 16.5. The Morgan fingerprint density at radius 2 is 2.00 bits per heavy atom. The number of piperidine rings is 1. The van der Waals surface area contributed by atoms with Gasteiger partial charge in [-0.1, -0.05) is 19.9 Å². The van der Waals surface area contributed by atoms with Gasteiger partial charge in [-0.3, -0.25) is 9.79 Å². The quantitative estimate of drug-likeness (QED) is 0.552. The van der Waals surface area contributed by atoms with Crippen LogP contribution >= 0.6 is 0 Å². The van der Waals surface area contributed by atoms with Gasteiger partial charge in [0.25, 0.3) is 0 Å². The van der Waals surface area contributed by atoms with Gasteiger partial charge in [0.15, 0.2) is 17.5 Å². The van der Waals surface area contributed by atoms with Crippen LogP contribution in [0.15, 0.2) is 23.2 Å². The number of hydrogen-bond acceptors (Lipinski definition) is 4. The first kappa shape index (κ1) is 21.9. The minimum absolute atomic E-state index is 0.0602. The van der Waals surface area contributed by atoms with E-state index in [2.05, 4.69) is 15.6 Å². The third-order valence-electron chi connectivity index (χ3n) is 4.85. The van der Waals surface area contributed by atoms with Crippen LogP contribution in [-0.4, -0.2) is 56.7 Å². The molecule has 1 amide bonds. The van der Waals surface area contributed by atoms with Crippen LogP contribution in [0.3, 0.4) is 0 Å². The number of aliphatic imine (C=N–C) groups is 1. The average Bonchev–Trinajstić information content (AvgIpc) is 2.71. The van der Waals surface area contributed by atoms with Crippen molar-refractivity contribution in [2.75, 3.05) is 33.9 Å². The fraction of sp³-hybridized carbons (Fsp3) is 0.619. The fourth-order valence-electron chi connectivity index (χ4n) is 3.28. The molecule has 1 aromatic rings. The number of hydrogen-bond donors (Lipinski definition) is 2. The van der Waals surface area contributed by atoms with Crippen LogP contribution in [-0.2, 0) is 11.3 Å². The molecule has 0 radical (unpaired) electrons. The monoisotopic (exact) mass is 390 g/mol. The molecule has 1 aromatic carbocycles. The molecule has 0 spiro atoms. The second kappa shape index (κ2) is 10.8. The number of guanidine groups is 1. The molecule has 0 bridgehead atoms. The maximum Gasteiger partial charge on any atom is 0.225 e. The largest absolute Gasteiger partial charge is 0.493 e. The Morgan fingerprint density at radius 3 is 2.57 bits per heavy atom. The van der Waals surface area contributed by atoms with Crippen LogP contribution in [0.25, 0.3) is 0 Å². The first-order valence-electron chi connectivity index (χ1n) is 10.0. The van der Waals surface area contributed by atoms with Crippen LogP contribution in [0.2, 0.25) is 0 Å². The summed E-state index contributed by atoms with van der Waals surface area (Å²) in [5, 5.41) is 6.83. The van der Waals surface area contributed by atoms with Gasteiger partial charge in [-0.2, -0.15) is 0 Å². The van der Waals surface area contributed by atoms with E-state index in [9.17, 15) is 4.79 Å². The Bertz CT molecular complexity index is 668. The number of nitrogens with one attached hydrogen (secondary N) is 2. The fourth-order valence-corrected chi connectivity index (χ4v) is 3.28. The lowest BCUT2D eigenvalue weighted by Gasteiger charge is -2.34. The predicted molar refractivity (Wildman–Crippen MR) is 112 cm³/mol. The third kappa shape index (κ3) is 6.04. The second-order valence-electron chi connectivity index (χ2n) is 7.24. The molecule has 7 heteroatoms. The Kier molecular flexibility index (Phi) is 8.42. The van der Waals surface area contributed by atoms with Gasteiger partial charge in [-0.25, -0.2) is 0 Å². The number of methoxy groups -OCH3 is 1. The second-order valence-corrected chi connectivity index (χ2v) is 7.24. The van der Waals surface area contributed by atoms with Crippen LogP contribution in [0, 0.1) is 5.92 Å². The molecule has 0 atom stereocenters. The molecule has 28 heavy (non-hydrogen) atoms. The molecular weight excluding hydrogens is 356 g/mol. The van der Waals surface area contributed by atoms with E-state index in [1.165, 1.54) is 0 Å². The molecule has 1 fully saturated rings. The molecule has 156 valence electrons. The summed E-state index contributed by atoms with van der Waals surface area (Å²) in [7, 11) is 3.41. The lowest BCUT2D eigenvalue weighted by atomic mass is 10.0. The highest BCUT2D eigenvalue weighted by molar-refractivity contribution is 5.80. The van der Waals surface area contributed by atoms with Crippen molar-refractivity contribution in [3.8, 4) is 11.5 Å². The van der Waals surface area contributed by atoms with E-state index in [4.69, 9.17) is 9.47 Å². The summed E-state index contributed by atoms with van der Waals surface area (Å²) in [6.45, 7) is 8.67. The summed E-state index contributed by atoms with van der Waals surface area (Å²) in [4.78, 5) is 18.4. The van der Waals surface area contributed by atoms with Crippen molar-refractivity contribution in [2.24, 2.45) is 10.9 Å². The van der Waals surface area contributed by atoms with E-state index in [0.717, 1.165) is 49.0 Å². The highest BCUT2D eigenvalue weighted by Crippen LogP contribution is 2.28. The summed E-state index contributed by atoms with van der Waals surface area (Å²) in [5.74, 6) is 2.54. The summed E-state index contributed by atoms with van der Waals surface area (Å²) < 4.78 is 11.0. The molecule has 2 rings (SSSR count). The van der Waals surface area contributed by atoms with Gasteiger partial charge in [0.2, 0.25) is 5.91 Å². The van der Waals surface area contributed by atoms with Gasteiger partial charge in [0.1, 0.15) is 0 Å². The highest BCUT2D eigenvalue weighted by Gasteiger charge is 2.24. The minimum Gasteiger partial charge on any atom is -0.493 e. The Balaban J connectivity index is 1.85. The smallest absolute Gasteiger partial charge is 0.225 e. The van der Waals surface area contributed by atoms with Crippen molar-refractivity contribution in [3.05, 3.63) is 23.8 Å². The van der Waals surface area contributed by atoms with E-state index in [1.807, 2.05) is 43.9 Å². The van der Waals surface area contributed by atoms with E-state index in [0.29, 0.717) is 19.2 Å². The van der Waals surface area contributed by atoms with Gasteiger partial charge in [-0.15, -0.1) is 0 Å². The van der Waals surface area contributed by atoms with Crippen molar-refractivity contribution in [2.45, 2.75) is 46.2 Å². The molecule has 0 saturated carbocycles. The molecule has 2 N–H and O–H groups in total. The first-order chi connectivity index (χ1) is 13.5. The number of nitrogens with zero attached hydrogens (tertiary/aromatic N) is 2. The summed E-state index contributed by atoms with van der Waals surface area (Å²) in [5.41, 5.74) is 1.09. The molecule has 0 aromatic heterocycles. The molecule has 0 unspecified atom stereocenters. The number of ether oxygens (including phenoxy) is 2. The number of benzene rings is 1. The molecule has 1 saturated heterocycles. The van der Waals surface area contributed by atoms with Crippen molar-refractivity contribution >= 4 is 11.9 Å². The van der Waals surface area contributed by atoms with Gasteiger partial charge >= 0.3 is 0 Å². The van der Waals surface area contributed by atoms with Crippen LogP contribution in [0.5, 0.6) is 11.5 Å². The van der Waals surface area contributed by atoms with Crippen molar-refractivity contribution in [3.63, 3.8) is 0 Å². The summed E-state index contributed by atoms with van der Waals surface area (Å²) >= 11 is 0. The zero-order valence-electron chi connectivity index (χ0n) is 17.7. The average molecular weight is 391 g/mol. The maximum absolute atomic E-state index is 12.1. The van der Waals surface area contributed by atoms with Crippen molar-refractivity contribution < 1.29 is 14.3 Å². The van der Waals surface area contributed by atoms with Gasteiger partial charge < -0.3 is 25.0 Å². The molecule has 1 heterocycles. The van der Waals surface area contributed by atoms with Crippen LogP contribution < -0.4 is 20.1 Å². The molecule has 7 nitrogen and oxygen atoms in total. The van der Waals surface area contributed by atoms with E-state index >= 15 is 0 Å². The van der Waals surface area contributed by atoms with E-state index in [1.54, 1.807) is 14.2 Å². The number of rotatable bonds is 7. The lowest BCUT2D eigenvalue weighted by Crippen LogP contribution is -2.50. The number of carbonyl (C=O) groups is 1. The zero-order valence-corrected chi connectivity index (χ0v) is 17.7. The van der Waals surface area contributed by atoms with Crippen LogP contribution in [0.4, 0.5) is 0 Å². The maximum atomic E-state index is 12.1. The number of carbonyl (C=O) groups excluding carboxylic acids is 1. The Hall–Kier alpha value is -2.44. The van der Waals surface area contributed by atoms with Crippen molar-refractivity contribution in [1.82, 2.24) is 15.5 Å². The lowest BCUT2D eigenvalue weighted by molar-refractivity contribution is -0.135. The summed E-state index contributed by atoms with van der Waals surface area (Å²) in [6.07, 6.45) is 1.85. The molecule has 0 aliphatic carbocycles.